The van der Waals surface area contributed by atoms with E-state index in [9.17, 15) is 19.5 Å². The number of fused-ring (bicyclic) bond motifs is 1. The van der Waals surface area contributed by atoms with Gasteiger partial charge >= 0.3 is 5.97 Å². The number of nitrogens with one attached hydrogen (secondary N) is 1. The molecule has 2 fully saturated rings. The summed E-state index contributed by atoms with van der Waals surface area (Å²) in [7, 11) is 0. The molecule has 11 heteroatoms. The minimum absolute atomic E-state index is 0.00909. The van der Waals surface area contributed by atoms with Gasteiger partial charge in [0.15, 0.2) is 0 Å². The molecule has 2 aliphatic heterocycles. The number of carboxylic acid groups (broad SMARTS) is 1. The van der Waals surface area contributed by atoms with E-state index < -0.39 is 24.0 Å². The highest BCUT2D eigenvalue weighted by Crippen LogP contribution is 2.30. The molecule has 0 aliphatic carbocycles. The van der Waals surface area contributed by atoms with Gasteiger partial charge in [-0.3, -0.25) is 24.3 Å². The van der Waals surface area contributed by atoms with Gasteiger partial charge in [0.1, 0.15) is 6.04 Å². The second-order valence-corrected chi connectivity index (χ2v) is 10.8. The number of halogens is 2. The fourth-order valence-electron chi connectivity index (χ4n) is 5.43. The van der Waals surface area contributed by atoms with Crippen molar-refractivity contribution in [3.8, 4) is 0 Å². The number of benzene rings is 1. The molecule has 38 heavy (non-hydrogen) atoms. The van der Waals surface area contributed by atoms with Crippen molar-refractivity contribution in [1.82, 2.24) is 20.1 Å². The van der Waals surface area contributed by atoms with E-state index in [2.05, 4.69) is 27.3 Å². The maximum atomic E-state index is 13.8. The van der Waals surface area contributed by atoms with Crippen LogP contribution in [0, 0.1) is 0 Å². The quantitative estimate of drug-likeness (QED) is 0.406. The molecule has 204 valence electrons. The van der Waals surface area contributed by atoms with Crippen LogP contribution < -0.4 is 11.1 Å². The van der Waals surface area contributed by atoms with Gasteiger partial charge < -0.3 is 21.1 Å². The van der Waals surface area contributed by atoms with Gasteiger partial charge in [0.2, 0.25) is 11.8 Å². The first-order chi connectivity index (χ1) is 18.2. The number of nitrogens with zero attached hydrogens (tertiary/aromatic N) is 3. The molecule has 1 aromatic heterocycles. The highest BCUT2D eigenvalue weighted by Gasteiger charge is 2.45. The molecule has 0 bridgehead atoms. The van der Waals surface area contributed by atoms with E-state index in [4.69, 9.17) is 28.9 Å². The number of rotatable bonds is 10. The van der Waals surface area contributed by atoms with Crippen molar-refractivity contribution in [2.45, 2.75) is 69.2 Å². The van der Waals surface area contributed by atoms with Crippen LogP contribution in [0.25, 0.3) is 0 Å². The number of aryl methyl sites for hydroxylation is 1. The van der Waals surface area contributed by atoms with Crippen LogP contribution >= 0.6 is 23.2 Å². The lowest BCUT2D eigenvalue weighted by Crippen LogP contribution is -2.53. The van der Waals surface area contributed by atoms with Gasteiger partial charge in [0.25, 0.3) is 0 Å². The van der Waals surface area contributed by atoms with Crippen LogP contribution in [0.15, 0.2) is 42.6 Å². The Hall–Kier alpha value is -2.72. The second-order valence-electron chi connectivity index (χ2n) is 9.96. The van der Waals surface area contributed by atoms with Crippen LogP contribution in [-0.2, 0) is 27.3 Å². The maximum Gasteiger partial charge on any atom is 0.303 e. The number of nitrogens with two attached hydrogens (primary N) is 1. The minimum Gasteiger partial charge on any atom is -0.481 e. The predicted molar refractivity (Wildman–Crippen MR) is 145 cm³/mol. The zero-order chi connectivity index (χ0) is 27.2. The van der Waals surface area contributed by atoms with E-state index in [-0.39, 0.29) is 37.4 Å². The molecule has 2 aromatic rings. The summed E-state index contributed by atoms with van der Waals surface area (Å²) in [5.74, 6) is -1.62. The lowest BCUT2D eigenvalue weighted by molar-refractivity contribution is -0.144. The highest BCUT2D eigenvalue weighted by molar-refractivity contribution is 6.41. The summed E-state index contributed by atoms with van der Waals surface area (Å²) in [5.41, 5.74) is 8.03. The maximum absolute atomic E-state index is 13.8. The molecule has 9 nitrogen and oxygen atoms in total. The SMILES string of the molecule is N[C@@H]1C[C@H]2C(=O)N([C@H](CCC(=O)O)C(=O)NCc3cc(Cl)c(Cl)cn3)CCC(CCc3ccccc3)N2C1. The molecule has 0 radical (unpaired) electrons. The molecule has 1 unspecified atom stereocenters. The van der Waals surface area contributed by atoms with Crippen LogP contribution in [0.1, 0.15) is 43.4 Å². The molecular formula is C27H33Cl2N5O4. The summed E-state index contributed by atoms with van der Waals surface area (Å²) in [6.45, 7) is 1.06. The Morgan fingerprint density at radius 2 is 1.97 bits per heavy atom. The van der Waals surface area contributed by atoms with Gasteiger partial charge in [-0.2, -0.15) is 0 Å². The van der Waals surface area contributed by atoms with Gasteiger partial charge in [-0.25, -0.2) is 0 Å². The fraction of sp³-hybridized carbons (Fsp3) is 0.481. The van der Waals surface area contributed by atoms with Gasteiger partial charge in [-0.15, -0.1) is 0 Å². The molecule has 4 atom stereocenters. The third kappa shape index (κ3) is 7.02. The van der Waals surface area contributed by atoms with Gasteiger partial charge in [-0.05, 0) is 43.7 Å². The van der Waals surface area contributed by atoms with Crippen molar-refractivity contribution in [1.29, 1.82) is 0 Å². The molecule has 4 rings (SSSR count). The van der Waals surface area contributed by atoms with E-state index in [0.29, 0.717) is 41.7 Å². The van der Waals surface area contributed by atoms with Crippen molar-refractivity contribution >= 4 is 41.0 Å². The average Bonchev–Trinajstić information content (AvgIpc) is 3.24. The van der Waals surface area contributed by atoms with E-state index in [0.717, 1.165) is 12.8 Å². The van der Waals surface area contributed by atoms with E-state index in [1.165, 1.54) is 11.8 Å². The molecule has 2 amide bonds. The fourth-order valence-corrected chi connectivity index (χ4v) is 5.71. The van der Waals surface area contributed by atoms with E-state index in [1.54, 1.807) is 11.0 Å². The first kappa shape index (κ1) is 28.3. The van der Waals surface area contributed by atoms with Gasteiger partial charge in [-0.1, -0.05) is 53.5 Å². The Morgan fingerprint density at radius 1 is 1.21 bits per heavy atom. The molecule has 3 heterocycles. The molecule has 2 aliphatic rings. The zero-order valence-corrected chi connectivity index (χ0v) is 22.6. The Kier molecular flexibility index (Phi) is 9.59. The van der Waals surface area contributed by atoms with Gasteiger partial charge in [0, 0.05) is 37.8 Å². The van der Waals surface area contributed by atoms with Crippen molar-refractivity contribution in [3.05, 3.63) is 63.9 Å². The molecular weight excluding hydrogens is 529 g/mol. The number of hydrogen-bond donors (Lipinski definition) is 3. The largest absolute Gasteiger partial charge is 0.481 e. The highest BCUT2D eigenvalue weighted by atomic mass is 35.5. The number of amides is 2. The summed E-state index contributed by atoms with van der Waals surface area (Å²) in [5, 5.41) is 12.8. The number of pyridine rings is 1. The van der Waals surface area contributed by atoms with Crippen molar-refractivity contribution in [3.63, 3.8) is 0 Å². The van der Waals surface area contributed by atoms with Crippen LogP contribution in [0.5, 0.6) is 0 Å². The number of carbonyl (C=O) groups excluding carboxylic acids is 2. The minimum atomic E-state index is -1.03. The second kappa shape index (κ2) is 12.9. The van der Waals surface area contributed by atoms with Crippen molar-refractivity contribution in [2.75, 3.05) is 13.1 Å². The third-order valence-corrected chi connectivity index (χ3v) is 8.05. The van der Waals surface area contributed by atoms with Crippen molar-refractivity contribution in [2.24, 2.45) is 5.73 Å². The lowest BCUT2D eigenvalue weighted by atomic mass is 10.0. The molecule has 4 N–H and O–H groups in total. The van der Waals surface area contributed by atoms with Crippen LogP contribution in [0.2, 0.25) is 10.0 Å². The normalized spacial score (nSPS) is 22.6. The standard InChI is InChI=1S/C27H33Cl2N5O4/c28-21-13-19(31-15-22(21)29)14-32-26(37)23(8-9-25(35)36)33-11-10-20(7-6-17-4-2-1-3-5-17)34-16-18(30)12-24(34)27(33)38/h1-5,13,15,18,20,23-24H,6-12,14,16,30H2,(H,32,37)(H,35,36)/t18-,20?,23-,24+/m1/s1. The van der Waals surface area contributed by atoms with Crippen LogP contribution in [0.3, 0.4) is 0 Å². The first-order valence-electron chi connectivity index (χ1n) is 12.9. The molecule has 1 aromatic carbocycles. The zero-order valence-electron chi connectivity index (χ0n) is 21.1. The number of hydrogen-bond acceptors (Lipinski definition) is 6. The average molecular weight is 562 g/mol. The predicted octanol–water partition coefficient (Wildman–Crippen LogP) is 2.87. The summed E-state index contributed by atoms with van der Waals surface area (Å²) in [4.78, 5) is 46.5. The third-order valence-electron chi connectivity index (χ3n) is 7.34. The summed E-state index contributed by atoms with van der Waals surface area (Å²) in [6, 6.07) is 10.4. The smallest absolute Gasteiger partial charge is 0.303 e. The van der Waals surface area contributed by atoms with Crippen molar-refractivity contribution < 1.29 is 19.5 Å². The Labute approximate surface area is 232 Å². The summed E-state index contributed by atoms with van der Waals surface area (Å²) >= 11 is 12.0. The Bertz CT molecular complexity index is 1150. The monoisotopic (exact) mass is 561 g/mol. The number of carboxylic acids is 1. The van der Waals surface area contributed by atoms with E-state index in [1.807, 2.05) is 18.2 Å². The van der Waals surface area contributed by atoms with Crippen LogP contribution in [-0.4, -0.2) is 74.9 Å². The number of aliphatic carboxylic acids is 1. The topological polar surface area (TPSA) is 129 Å². The Morgan fingerprint density at radius 3 is 2.68 bits per heavy atom. The van der Waals surface area contributed by atoms with Gasteiger partial charge in [0.05, 0.1) is 28.3 Å². The first-order valence-corrected chi connectivity index (χ1v) is 13.6. The number of aromatic nitrogens is 1. The Balaban J connectivity index is 1.51. The number of carbonyl (C=O) groups is 3. The summed E-state index contributed by atoms with van der Waals surface area (Å²) in [6.07, 6.45) is 4.10. The molecule has 2 saturated heterocycles. The van der Waals surface area contributed by atoms with E-state index >= 15 is 0 Å². The molecule has 0 spiro atoms. The lowest BCUT2D eigenvalue weighted by Gasteiger charge is -2.32. The summed E-state index contributed by atoms with van der Waals surface area (Å²) < 4.78 is 0. The molecule has 0 saturated carbocycles. The van der Waals surface area contributed by atoms with Crippen LogP contribution in [0.4, 0.5) is 0 Å².